The highest BCUT2D eigenvalue weighted by atomic mass is 35.5. The van der Waals surface area contributed by atoms with Crippen LogP contribution in [0.25, 0.3) is 0 Å². The first kappa shape index (κ1) is 11.0. The third-order valence-electron chi connectivity index (χ3n) is 1.94. The van der Waals surface area contributed by atoms with Crippen molar-refractivity contribution in [1.82, 2.24) is 4.98 Å². The predicted molar refractivity (Wildman–Crippen MR) is 64.5 cm³/mol. The summed E-state index contributed by atoms with van der Waals surface area (Å²) in [6.07, 6.45) is 1.72. The molecule has 0 unspecified atom stereocenters. The van der Waals surface area contributed by atoms with Gasteiger partial charge >= 0.3 is 0 Å². The third kappa shape index (κ3) is 2.35. The van der Waals surface area contributed by atoms with Gasteiger partial charge in [0, 0.05) is 11.1 Å². The molecule has 0 amide bonds. The number of aromatic nitrogens is 1. The molecule has 0 atom stereocenters. The minimum absolute atomic E-state index is 0.475. The Morgan fingerprint density at radius 2 is 2.06 bits per heavy atom. The third-order valence-corrected chi connectivity index (χ3v) is 3.27. The van der Waals surface area contributed by atoms with Crippen LogP contribution < -0.4 is 0 Å². The van der Waals surface area contributed by atoms with E-state index in [1.165, 1.54) is 11.8 Å². The molecule has 78 valence electrons. The largest absolute Gasteiger partial charge is 0.250 e. The van der Waals surface area contributed by atoms with E-state index in [2.05, 4.69) is 11.1 Å². The highest BCUT2D eigenvalue weighted by Gasteiger charge is 2.07. The van der Waals surface area contributed by atoms with E-state index in [1.807, 2.05) is 30.3 Å². The van der Waals surface area contributed by atoms with Crippen LogP contribution in [0.15, 0.2) is 52.5 Å². The van der Waals surface area contributed by atoms with Crippen molar-refractivity contribution in [1.29, 1.82) is 5.26 Å². The second-order valence-electron chi connectivity index (χ2n) is 2.99. The zero-order chi connectivity index (χ0) is 11.4. The van der Waals surface area contributed by atoms with Crippen LogP contribution in [0.3, 0.4) is 0 Å². The zero-order valence-electron chi connectivity index (χ0n) is 8.22. The Kier molecular flexibility index (Phi) is 3.45. The molecule has 0 spiro atoms. The average molecular weight is 247 g/mol. The first-order valence-corrected chi connectivity index (χ1v) is 5.78. The number of halogens is 1. The summed E-state index contributed by atoms with van der Waals surface area (Å²) in [6.45, 7) is 0. The molecule has 0 aliphatic carbocycles. The molecule has 0 fully saturated rings. The van der Waals surface area contributed by atoms with Crippen LogP contribution in [0.4, 0.5) is 0 Å². The Balaban J connectivity index is 2.36. The molecule has 16 heavy (non-hydrogen) atoms. The van der Waals surface area contributed by atoms with Gasteiger partial charge in [0.15, 0.2) is 0 Å². The molecule has 4 heteroatoms. The quantitative estimate of drug-likeness (QED) is 0.810. The number of benzene rings is 1. The lowest BCUT2D eigenvalue weighted by Gasteiger charge is -2.03. The van der Waals surface area contributed by atoms with Crippen molar-refractivity contribution in [3.05, 3.63) is 53.2 Å². The highest BCUT2D eigenvalue weighted by Crippen LogP contribution is 2.31. The van der Waals surface area contributed by atoms with E-state index >= 15 is 0 Å². The maximum Gasteiger partial charge on any atom is 0.102 e. The molecule has 2 aromatic rings. The molecular weight excluding hydrogens is 240 g/mol. The van der Waals surface area contributed by atoms with Crippen LogP contribution >= 0.6 is 23.4 Å². The molecule has 0 aliphatic heterocycles. The van der Waals surface area contributed by atoms with Crippen LogP contribution in [0.2, 0.25) is 5.02 Å². The van der Waals surface area contributed by atoms with Crippen molar-refractivity contribution >= 4 is 23.4 Å². The zero-order valence-corrected chi connectivity index (χ0v) is 9.79. The van der Waals surface area contributed by atoms with E-state index in [9.17, 15) is 0 Å². The molecule has 2 rings (SSSR count). The Hall–Kier alpha value is -1.50. The molecule has 0 aliphatic rings. The summed E-state index contributed by atoms with van der Waals surface area (Å²) in [6, 6.07) is 13.2. The molecule has 1 aromatic carbocycles. The molecular formula is C12H7ClN2S. The Bertz CT molecular complexity index is 534. The van der Waals surface area contributed by atoms with E-state index < -0.39 is 0 Å². The van der Waals surface area contributed by atoms with Crippen molar-refractivity contribution in [2.75, 3.05) is 0 Å². The molecule has 0 bridgehead atoms. The minimum atomic E-state index is 0.475. The molecule has 0 saturated heterocycles. The summed E-state index contributed by atoms with van der Waals surface area (Å²) in [7, 11) is 0. The Morgan fingerprint density at radius 3 is 2.75 bits per heavy atom. The van der Waals surface area contributed by atoms with E-state index in [4.69, 9.17) is 16.9 Å². The maximum absolute atomic E-state index is 9.01. The van der Waals surface area contributed by atoms with Crippen molar-refractivity contribution in [2.45, 2.75) is 9.92 Å². The van der Waals surface area contributed by atoms with Gasteiger partial charge < -0.3 is 0 Å². The van der Waals surface area contributed by atoms with Gasteiger partial charge in [-0.05, 0) is 24.3 Å². The SMILES string of the molecule is N#Cc1c(Cl)cccc1Sc1ccccn1. The molecule has 2 nitrogen and oxygen atoms in total. The summed E-state index contributed by atoms with van der Waals surface area (Å²) < 4.78 is 0. The number of nitrogens with zero attached hydrogens (tertiary/aromatic N) is 2. The monoisotopic (exact) mass is 246 g/mol. The fourth-order valence-electron chi connectivity index (χ4n) is 1.22. The van der Waals surface area contributed by atoms with Crippen molar-refractivity contribution in [3.63, 3.8) is 0 Å². The summed E-state index contributed by atoms with van der Waals surface area (Å²) in [5, 5.41) is 10.3. The minimum Gasteiger partial charge on any atom is -0.250 e. The average Bonchev–Trinajstić information content (AvgIpc) is 2.31. The fourth-order valence-corrected chi connectivity index (χ4v) is 2.38. The first-order chi connectivity index (χ1) is 7.81. The Labute approximate surface area is 103 Å². The van der Waals surface area contributed by atoms with Gasteiger partial charge in [-0.3, -0.25) is 0 Å². The summed E-state index contributed by atoms with van der Waals surface area (Å²) in [5.74, 6) is 0. The summed E-state index contributed by atoms with van der Waals surface area (Å²) in [4.78, 5) is 5.02. The number of hydrogen-bond acceptors (Lipinski definition) is 3. The van der Waals surface area contributed by atoms with E-state index in [0.29, 0.717) is 10.6 Å². The highest BCUT2D eigenvalue weighted by molar-refractivity contribution is 7.99. The van der Waals surface area contributed by atoms with Gasteiger partial charge in [0.25, 0.3) is 0 Å². The second kappa shape index (κ2) is 5.02. The van der Waals surface area contributed by atoms with Gasteiger partial charge in [-0.15, -0.1) is 0 Å². The smallest absolute Gasteiger partial charge is 0.102 e. The first-order valence-electron chi connectivity index (χ1n) is 4.59. The second-order valence-corrected chi connectivity index (χ2v) is 4.46. The summed E-state index contributed by atoms with van der Waals surface area (Å²) >= 11 is 7.37. The fraction of sp³-hybridized carbons (Fsp3) is 0. The van der Waals surface area contributed by atoms with Gasteiger partial charge in [-0.2, -0.15) is 5.26 Å². The predicted octanol–water partition coefficient (Wildman–Crippen LogP) is 3.76. The van der Waals surface area contributed by atoms with Gasteiger partial charge in [-0.25, -0.2) is 4.98 Å². The van der Waals surface area contributed by atoms with Gasteiger partial charge in [0.1, 0.15) is 11.1 Å². The number of nitriles is 1. The lowest BCUT2D eigenvalue weighted by Crippen LogP contribution is -1.84. The molecule has 0 saturated carbocycles. The van der Waals surface area contributed by atoms with Gasteiger partial charge in [0.2, 0.25) is 0 Å². The molecule has 0 radical (unpaired) electrons. The molecule has 0 N–H and O–H groups in total. The lowest BCUT2D eigenvalue weighted by atomic mass is 10.2. The number of rotatable bonds is 2. The number of hydrogen-bond donors (Lipinski definition) is 0. The van der Waals surface area contributed by atoms with Crippen molar-refractivity contribution in [3.8, 4) is 6.07 Å². The van der Waals surface area contributed by atoms with E-state index in [-0.39, 0.29) is 0 Å². The summed E-state index contributed by atoms with van der Waals surface area (Å²) in [5.41, 5.74) is 0.500. The maximum atomic E-state index is 9.01. The van der Waals surface area contributed by atoms with Crippen LogP contribution in [0.1, 0.15) is 5.56 Å². The van der Waals surface area contributed by atoms with Crippen molar-refractivity contribution < 1.29 is 0 Å². The number of pyridine rings is 1. The van der Waals surface area contributed by atoms with Crippen LogP contribution in [0, 0.1) is 11.3 Å². The van der Waals surface area contributed by atoms with Crippen molar-refractivity contribution in [2.24, 2.45) is 0 Å². The van der Waals surface area contributed by atoms with Crippen LogP contribution in [0.5, 0.6) is 0 Å². The normalized spacial score (nSPS) is 9.75. The van der Waals surface area contributed by atoms with Gasteiger partial charge in [0.05, 0.1) is 10.6 Å². The lowest BCUT2D eigenvalue weighted by molar-refractivity contribution is 1.13. The standard InChI is InChI=1S/C12H7ClN2S/c13-10-4-3-5-11(9(10)8-14)16-12-6-1-2-7-15-12/h1-7H. The van der Waals surface area contributed by atoms with Crippen LogP contribution in [-0.2, 0) is 0 Å². The molecule has 1 aromatic heterocycles. The topological polar surface area (TPSA) is 36.7 Å². The van der Waals surface area contributed by atoms with Gasteiger partial charge in [-0.1, -0.05) is 35.5 Å². The van der Waals surface area contributed by atoms with E-state index in [1.54, 1.807) is 12.3 Å². The van der Waals surface area contributed by atoms with E-state index in [0.717, 1.165) is 9.92 Å². The van der Waals surface area contributed by atoms with Crippen LogP contribution in [-0.4, -0.2) is 4.98 Å². The molecule has 1 heterocycles. The Morgan fingerprint density at radius 1 is 1.19 bits per heavy atom.